The number of nitrogens with zero attached hydrogens (tertiary/aromatic N) is 1. The minimum atomic E-state index is 0.107. The molecule has 0 amide bonds. The first kappa shape index (κ1) is 17.7. The Labute approximate surface area is 166 Å². The lowest BCUT2D eigenvalue weighted by atomic mass is 9.98. The molecule has 3 heteroatoms. The van der Waals surface area contributed by atoms with Crippen molar-refractivity contribution in [1.29, 1.82) is 0 Å². The second-order valence-corrected chi connectivity index (χ2v) is 8.21. The monoisotopic (exact) mass is 372 g/mol. The van der Waals surface area contributed by atoms with Crippen LogP contribution < -0.4 is 0 Å². The van der Waals surface area contributed by atoms with Crippen molar-refractivity contribution >= 4 is 16.5 Å². The summed E-state index contributed by atoms with van der Waals surface area (Å²) in [6.45, 7) is 3.62. The van der Waals surface area contributed by atoms with Gasteiger partial charge < -0.3 is 10.1 Å². The topological polar surface area (TPSA) is 39.3 Å². The van der Waals surface area contributed by atoms with E-state index in [0.717, 1.165) is 30.5 Å². The zero-order valence-electron chi connectivity index (χ0n) is 16.4. The van der Waals surface area contributed by atoms with Crippen molar-refractivity contribution in [3.05, 3.63) is 76.5 Å². The van der Waals surface area contributed by atoms with Crippen molar-refractivity contribution in [3.63, 3.8) is 0 Å². The van der Waals surface area contributed by atoms with Crippen molar-refractivity contribution in [2.75, 3.05) is 19.6 Å². The molecule has 5 rings (SSSR count). The molecule has 1 aromatic heterocycles. The molecule has 3 nitrogen and oxygen atoms in total. The molecule has 28 heavy (non-hydrogen) atoms. The van der Waals surface area contributed by atoms with Crippen LogP contribution in [-0.2, 0) is 19.4 Å². The van der Waals surface area contributed by atoms with Gasteiger partial charge in [-0.1, -0.05) is 36.4 Å². The van der Waals surface area contributed by atoms with Crippen LogP contribution in [0.25, 0.3) is 16.5 Å². The lowest BCUT2D eigenvalue weighted by Gasteiger charge is -2.28. The molecule has 0 fully saturated rings. The highest BCUT2D eigenvalue weighted by Gasteiger charge is 2.26. The summed E-state index contributed by atoms with van der Waals surface area (Å²) in [4.78, 5) is 6.00. The predicted molar refractivity (Wildman–Crippen MR) is 115 cm³/mol. The Bertz CT molecular complexity index is 1030. The summed E-state index contributed by atoms with van der Waals surface area (Å²) in [6.07, 6.45) is 7.97. The van der Waals surface area contributed by atoms with Crippen LogP contribution in [0.2, 0.25) is 0 Å². The zero-order chi connectivity index (χ0) is 18.9. The Balaban J connectivity index is 1.16. The van der Waals surface area contributed by atoms with Crippen LogP contribution >= 0.6 is 0 Å². The molecule has 2 heterocycles. The number of H-pyrrole nitrogens is 1. The first-order valence-corrected chi connectivity index (χ1v) is 10.5. The summed E-state index contributed by atoms with van der Waals surface area (Å²) in [5.74, 6) is 0. The highest BCUT2D eigenvalue weighted by atomic mass is 16.3. The van der Waals surface area contributed by atoms with Crippen LogP contribution in [0.4, 0.5) is 0 Å². The summed E-state index contributed by atoms with van der Waals surface area (Å²) >= 11 is 0. The summed E-state index contributed by atoms with van der Waals surface area (Å²) < 4.78 is 0. The van der Waals surface area contributed by atoms with Crippen molar-refractivity contribution in [1.82, 2.24) is 9.88 Å². The highest BCUT2D eigenvalue weighted by Crippen LogP contribution is 2.37. The number of unbranched alkanes of at least 4 members (excludes halogenated alkanes) is 1. The van der Waals surface area contributed by atoms with E-state index in [-0.39, 0.29) is 6.61 Å². The first-order chi connectivity index (χ1) is 13.8. The van der Waals surface area contributed by atoms with Crippen molar-refractivity contribution < 1.29 is 5.11 Å². The Kier molecular flexibility index (Phi) is 4.79. The Morgan fingerprint density at radius 2 is 1.93 bits per heavy atom. The van der Waals surface area contributed by atoms with E-state index in [9.17, 15) is 5.11 Å². The first-order valence-electron chi connectivity index (χ1n) is 10.5. The number of hydrogen-bond acceptors (Lipinski definition) is 2. The maximum absolute atomic E-state index is 9.64. The molecular formula is C25H28N2O. The largest absolute Gasteiger partial charge is 0.392 e. The van der Waals surface area contributed by atoms with Gasteiger partial charge >= 0.3 is 0 Å². The van der Waals surface area contributed by atoms with Crippen LogP contribution in [0.1, 0.15) is 41.5 Å². The molecule has 0 saturated heterocycles. The van der Waals surface area contributed by atoms with E-state index in [0.29, 0.717) is 0 Å². The fourth-order valence-corrected chi connectivity index (χ4v) is 5.08. The third-order valence-corrected chi connectivity index (χ3v) is 6.48. The smallest absolute Gasteiger partial charge is 0.0688 e. The maximum atomic E-state index is 9.64. The number of fused-ring (bicyclic) bond motifs is 3. The molecule has 0 radical (unpaired) electrons. The average Bonchev–Trinajstić information content (AvgIpc) is 3.32. The molecule has 2 aliphatic rings. The maximum Gasteiger partial charge on any atom is 0.0688 e. The van der Waals surface area contributed by atoms with E-state index in [1.807, 2.05) is 12.1 Å². The summed E-state index contributed by atoms with van der Waals surface area (Å²) in [5, 5.41) is 10.9. The Morgan fingerprint density at radius 3 is 2.86 bits per heavy atom. The van der Waals surface area contributed by atoms with Gasteiger partial charge in [0.05, 0.1) is 6.61 Å². The van der Waals surface area contributed by atoms with Gasteiger partial charge in [0.1, 0.15) is 0 Å². The summed E-state index contributed by atoms with van der Waals surface area (Å²) in [6, 6.07) is 15.1. The second-order valence-electron chi connectivity index (χ2n) is 8.21. The summed E-state index contributed by atoms with van der Waals surface area (Å²) in [5.41, 5.74) is 9.82. The van der Waals surface area contributed by atoms with Crippen LogP contribution in [0.5, 0.6) is 0 Å². The highest BCUT2D eigenvalue weighted by molar-refractivity contribution is 5.86. The van der Waals surface area contributed by atoms with Gasteiger partial charge in [0.15, 0.2) is 0 Å². The Morgan fingerprint density at radius 1 is 1.00 bits per heavy atom. The number of aliphatic hydroxyl groups excluding tert-OH is 1. The molecular weight excluding hydrogens is 344 g/mol. The molecule has 0 atom stereocenters. The van der Waals surface area contributed by atoms with E-state index in [4.69, 9.17) is 0 Å². The van der Waals surface area contributed by atoms with E-state index in [2.05, 4.69) is 46.4 Å². The number of nitrogens with one attached hydrogen (secondary N) is 1. The molecule has 2 aromatic carbocycles. The normalized spacial score (nSPS) is 16.6. The van der Waals surface area contributed by atoms with Gasteiger partial charge in [0.25, 0.3) is 0 Å². The molecule has 0 unspecified atom stereocenters. The fourth-order valence-electron chi connectivity index (χ4n) is 5.08. The molecule has 144 valence electrons. The van der Waals surface area contributed by atoms with Crippen molar-refractivity contribution in [3.8, 4) is 0 Å². The molecule has 0 saturated carbocycles. The number of benzene rings is 2. The number of aryl methyl sites for hydroxylation is 1. The van der Waals surface area contributed by atoms with Gasteiger partial charge in [0, 0.05) is 30.2 Å². The number of aliphatic hydroxyl groups is 1. The van der Waals surface area contributed by atoms with Gasteiger partial charge in [-0.25, -0.2) is 0 Å². The van der Waals surface area contributed by atoms with Crippen LogP contribution in [0, 0.1) is 0 Å². The quantitative estimate of drug-likeness (QED) is 0.616. The fraction of sp³-hybridized carbons (Fsp3) is 0.360. The van der Waals surface area contributed by atoms with Gasteiger partial charge in [0.2, 0.25) is 0 Å². The van der Waals surface area contributed by atoms with Crippen molar-refractivity contribution in [2.24, 2.45) is 0 Å². The minimum Gasteiger partial charge on any atom is -0.392 e. The van der Waals surface area contributed by atoms with E-state index < -0.39 is 0 Å². The van der Waals surface area contributed by atoms with Gasteiger partial charge in [-0.2, -0.15) is 0 Å². The number of rotatable bonds is 6. The third-order valence-electron chi connectivity index (χ3n) is 6.48. The zero-order valence-corrected chi connectivity index (χ0v) is 16.4. The van der Waals surface area contributed by atoms with Gasteiger partial charge in [-0.3, -0.25) is 4.90 Å². The van der Waals surface area contributed by atoms with Crippen molar-refractivity contribution in [2.45, 2.75) is 38.7 Å². The predicted octanol–water partition coefficient (Wildman–Crippen LogP) is 4.70. The molecule has 1 aliphatic heterocycles. The molecule has 3 aromatic rings. The second kappa shape index (κ2) is 7.57. The summed E-state index contributed by atoms with van der Waals surface area (Å²) in [7, 11) is 0. The van der Waals surface area contributed by atoms with E-state index >= 15 is 0 Å². The van der Waals surface area contributed by atoms with Gasteiger partial charge in [-0.15, -0.1) is 0 Å². The molecule has 2 N–H and O–H groups in total. The SMILES string of the molecule is OCc1cccc2[nH]cc(CCCCN3CCC4=C(Cc5ccccc54)C3)c12. The average molecular weight is 373 g/mol. The number of hydrogen-bond donors (Lipinski definition) is 2. The van der Waals surface area contributed by atoms with E-state index in [1.165, 1.54) is 54.4 Å². The van der Waals surface area contributed by atoms with Gasteiger partial charge in [-0.05, 0) is 78.1 Å². The van der Waals surface area contributed by atoms with Crippen LogP contribution in [-0.4, -0.2) is 34.6 Å². The van der Waals surface area contributed by atoms with Crippen LogP contribution in [0.3, 0.4) is 0 Å². The Hall–Kier alpha value is -2.36. The molecule has 0 spiro atoms. The minimum absolute atomic E-state index is 0.107. The third kappa shape index (κ3) is 3.19. The molecule has 1 aliphatic carbocycles. The molecule has 0 bridgehead atoms. The van der Waals surface area contributed by atoms with E-state index in [1.54, 1.807) is 11.1 Å². The lowest BCUT2D eigenvalue weighted by Crippen LogP contribution is -2.31. The number of aromatic nitrogens is 1. The van der Waals surface area contributed by atoms with Crippen LogP contribution in [0.15, 0.2) is 54.2 Å². The lowest BCUT2D eigenvalue weighted by molar-refractivity contribution is 0.283. The number of aromatic amines is 1. The standard InChI is InChI=1S/C25H28N2O/c28-17-20-8-5-10-24-25(20)19(15-26-24)7-3-4-12-27-13-11-23-21(16-27)14-18-6-1-2-9-22(18)23/h1-2,5-6,8-10,15,26,28H,3-4,7,11-14,16-17H2.